The van der Waals surface area contributed by atoms with Gasteiger partial charge >= 0.3 is 18.5 Å². The first-order chi connectivity index (χ1) is 16.1. The Hall–Kier alpha value is -4.15. The van der Waals surface area contributed by atoms with Crippen LogP contribution in [0.3, 0.4) is 0 Å². The molecule has 0 heterocycles. The second-order valence-corrected chi connectivity index (χ2v) is 6.99. The Bertz CT molecular complexity index is 1170. The maximum atomic E-state index is 13.0. The first-order valence-corrected chi connectivity index (χ1v) is 9.70. The number of hydrogen-bond acceptors (Lipinski definition) is 6. The minimum atomic E-state index is -4.66. The van der Waals surface area contributed by atoms with Crippen molar-refractivity contribution in [3.63, 3.8) is 0 Å². The van der Waals surface area contributed by atoms with Crippen LogP contribution in [0.15, 0.2) is 66.7 Å². The molecule has 3 rings (SSSR count). The van der Waals surface area contributed by atoms with Crippen LogP contribution < -0.4 is 9.47 Å². The van der Waals surface area contributed by atoms with Gasteiger partial charge in [-0.1, -0.05) is 30.3 Å². The van der Waals surface area contributed by atoms with Gasteiger partial charge in [-0.25, -0.2) is 4.79 Å². The molecule has 0 amide bonds. The number of aryl methyl sites for hydroxylation is 1. The summed E-state index contributed by atoms with van der Waals surface area (Å²) < 4.78 is 65.4. The lowest BCUT2D eigenvalue weighted by Gasteiger charge is -2.17. The molecule has 178 valence electrons. The Kier molecular flexibility index (Phi) is 7.34. The summed E-state index contributed by atoms with van der Waals surface area (Å²) in [5.74, 6) is -1.33. The molecule has 3 aromatic rings. The second-order valence-electron chi connectivity index (χ2n) is 6.99. The third-order valence-corrected chi connectivity index (χ3v) is 4.48. The number of alkyl halides is 4. The number of rotatable bonds is 9. The van der Waals surface area contributed by atoms with Gasteiger partial charge in [-0.3, -0.25) is 10.1 Å². The normalized spacial score (nSPS) is 11.2. The third kappa shape index (κ3) is 6.00. The highest BCUT2D eigenvalue weighted by Crippen LogP contribution is 2.34. The average molecular weight is 479 g/mol. The number of esters is 1. The number of halogens is 4. The first-order valence-electron chi connectivity index (χ1n) is 9.70. The van der Waals surface area contributed by atoms with E-state index in [0.717, 1.165) is 24.3 Å². The standard InChI is InChI=1S/C23H17F4NO6/c1-14-11-19(28(30)31)18(21(29)32-13-15-5-3-2-4-6-15)12-20(14)33-16-7-9-17(10-8-16)34-23(26,27)22(24)25/h2-12,22H,13H2,1H3. The van der Waals surface area contributed by atoms with Crippen molar-refractivity contribution in [3.8, 4) is 17.2 Å². The highest BCUT2D eigenvalue weighted by atomic mass is 19.3. The van der Waals surface area contributed by atoms with Crippen LogP contribution in [0.25, 0.3) is 0 Å². The summed E-state index contributed by atoms with van der Waals surface area (Å²) in [6.45, 7) is 1.40. The monoisotopic (exact) mass is 479 g/mol. The van der Waals surface area contributed by atoms with Crippen LogP contribution in [0, 0.1) is 17.0 Å². The van der Waals surface area contributed by atoms with Crippen molar-refractivity contribution in [3.05, 3.63) is 93.5 Å². The molecule has 0 aromatic heterocycles. The van der Waals surface area contributed by atoms with E-state index in [1.807, 2.05) is 0 Å². The first kappa shape index (κ1) is 24.5. The van der Waals surface area contributed by atoms with Crippen LogP contribution in [-0.2, 0) is 11.3 Å². The Morgan fingerprint density at radius 3 is 2.24 bits per heavy atom. The summed E-state index contributed by atoms with van der Waals surface area (Å²) in [5, 5.41) is 11.5. The van der Waals surface area contributed by atoms with E-state index in [0.29, 0.717) is 11.1 Å². The molecule has 0 spiro atoms. The van der Waals surface area contributed by atoms with Gasteiger partial charge in [0.25, 0.3) is 5.69 Å². The Labute approximate surface area is 190 Å². The molecule has 0 N–H and O–H groups in total. The molecule has 0 saturated heterocycles. The largest absolute Gasteiger partial charge is 0.461 e. The molecular weight excluding hydrogens is 462 g/mol. The van der Waals surface area contributed by atoms with Crippen molar-refractivity contribution in [2.24, 2.45) is 0 Å². The van der Waals surface area contributed by atoms with Gasteiger partial charge in [0.15, 0.2) is 0 Å². The summed E-state index contributed by atoms with van der Waals surface area (Å²) in [7, 11) is 0. The van der Waals surface area contributed by atoms with E-state index >= 15 is 0 Å². The van der Waals surface area contributed by atoms with Gasteiger partial charge < -0.3 is 14.2 Å². The highest BCUT2D eigenvalue weighted by Gasteiger charge is 2.43. The Morgan fingerprint density at radius 2 is 1.65 bits per heavy atom. The molecule has 0 saturated carbocycles. The molecule has 3 aromatic carbocycles. The number of nitrogens with zero attached hydrogens (tertiary/aromatic N) is 1. The molecule has 0 aliphatic heterocycles. The van der Waals surface area contributed by atoms with Crippen LogP contribution in [-0.4, -0.2) is 23.4 Å². The predicted molar refractivity (Wildman–Crippen MR) is 111 cm³/mol. The number of nitro groups is 1. The van der Waals surface area contributed by atoms with Gasteiger partial charge in [0, 0.05) is 12.1 Å². The van der Waals surface area contributed by atoms with E-state index < -0.39 is 34.9 Å². The molecular formula is C23H17F4NO6. The molecule has 0 atom stereocenters. The van der Waals surface area contributed by atoms with Crippen LogP contribution in [0.4, 0.5) is 23.2 Å². The zero-order valence-electron chi connectivity index (χ0n) is 17.5. The van der Waals surface area contributed by atoms with Crippen LogP contribution in [0.1, 0.15) is 21.5 Å². The Morgan fingerprint density at radius 1 is 1.03 bits per heavy atom. The van der Waals surface area contributed by atoms with Crippen molar-refractivity contribution < 1.29 is 41.5 Å². The number of carbonyl (C=O) groups is 1. The minimum absolute atomic E-state index is 0.0591. The third-order valence-electron chi connectivity index (χ3n) is 4.48. The van der Waals surface area contributed by atoms with Gasteiger partial charge in [0.1, 0.15) is 29.4 Å². The maximum Gasteiger partial charge on any atom is 0.461 e. The number of benzene rings is 3. The summed E-state index contributed by atoms with van der Waals surface area (Å²) in [6, 6.07) is 15.3. The smallest absolute Gasteiger partial charge is 0.457 e. The second kappa shape index (κ2) is 10.2. The lowest BCUT2D eigenvalue weighted by Crippen LogP contribution is -2.33. The molecule has 11 heteroatoms. The molecule has 0 aliphatic rings. The highest BCUT2D eigenvalue weighted by molar-refractivity contribution is 5.94. The van der Waals surface area contributed by atoms with E-state index in [4.69, 9.17) is 9.47 Å². The van der Waals surface area contributed by atoms with E-state index in [9.17, 15) is 32.5 Å². The zero-order valence-corrected chi connectivity index (χ0v) is 17.5. The fourth-order valence-corrected chi connectivity index (χ4v) is 2.80. The number of nitro benzene ring substituents is 1. The van der Waals surface area contributed by atoms with Crippen LogP contribution in [0.2, 0.25) is 0 Å². The van der Waals surface area contributed by atoms with Crippen molar-refractivity contribution in [2.45, 2.75) is 26.1 Å². The maximum absolute atomic E-state index is 13.0. The number of hydrogen-bond donors (Lipinski definition) is 0. The van der Waals surface area contributed by atoms with Crippen molar-refractivity contribution >= 4 is 11.7 Å². The molecule has 0 radical (unpaired) electrons. The van der Waals surface area contributed by atoms with Crippen molar-refractivity contribution in [2.75, 3.05) is 0 Å². The van der Waals surface area contributed by atoms with E-state index in [2.05, 4.69) is 4.74 Å². The quantitative estimate of drug-likeness (QED) is 0.155. The molecule has 0 fully saturated rings. The molecule has 34 heavy (non-hydrogen) atoms. The van der Waals surface area contributed by atoms with E-state index in [-0.39, 0.29) is 23.7 Å². The lowest BCUT2D eigenvalue weighted by atomic mass is 10.1. The topological polar surface area (TPSA) is 87.9 Å². The SMILES string of the molecule is Cc1cc([N+](=O)[O-])c(C(=O)OCc2ccccc2)cc1Oc1ccc(OC(F)(F)C(F)F)cc1. The van der Waals surface area contributed by atoms with Gasteiger partial charge in [-0.05, 0) is 42.3 Å². The van der Waals surface area contributed by atoms with Crippen molar-refractivity contribution in [1.82, 2.24) is 0 Å². The van der Waals surface area contributed by atoms with E-state index in [1.54, 1.807) is 30.3 Å². The fraction of sp³-hybridized carbons (Fsp3) is 0.174. The molecule has 7 nitrogen and oxygen atoms in total. The number of carbonyl (C=O) groups excluding carboxylic acids is 1. The molecule has 0 unspecified atom stereocenters. The van der Waals surface area contributed by atoms with Crippen LogP contribution in [0.5, 0.6) is 17.2 Å². The fourth-order valence-electron chi connectivity index (χ4n) is 2.80. The van der Waals surface area contributed by atoms with Crippen LogP contribution >= 0.6 is 0 Å². The molecule has 0 aliphatic carbocycles. The summed E-state index contributed by atoms with van der Waals surface area (Å²) >= 11 is 0. The summed E-state index contributed by atoms with van der Waals surface area (Å²) in [5.41, 5.74) is 0.150. The lowest BCUT2D eigenvalue weighted by molar-refractivity contribution is -0.385. The average Bonchev–Trinajstić information content (AvgIpc) is 2.80. The van der Waals surface area contributed by atoms with Gasteiger partial charge in [-0.15, -0.1) is 0 Å². The minimum Gasteiger partial charge on any atom is -0.457 e. The Balaban J connectivity index is 1.80. The number of ether oxygens (including phenoxy) is 3. The van der Waals surface area contributed by atoms with Gasteiger partial charge in [0.2, 0.25) is 0 Å². The van der Waals surface area contributed by atoms with Gasteiger partial charge in [-0.2, -0.15) is 17.6 Å². The zero-order chi connectivity index (χ0) is 24.9. The predicted octanol–water partition coefficient (Wildman–Crippen LogP) is 6.29. The van der Waals surface area contributed by atoms with E-state index in [1.165, 1.54) is 19.1 Å². The van der Waals surface area contributed by atoms with Crippen molar-refractivity contribution in [1.29, 1.82) is 0 Å². The molecule has 0 bridgehead atoms. The van der Waals surface area contributed by atoms with Gasteiger partial charge in [0.05, 0.1) is 4.92 Å². The summed E-state index contributed by atoms with van der Waals surface area (Å²) in [6.07, 6.45) is -8.67. The summed E-state index contributed by atoms with van der Waals surface area (Å²) in [4.78, 5) is 23.3.